The molecule has 1 aliphatic rings. The summed E-state index contributed by atoms with van der Waals surface area (Å²) >= 11 is 1.58. The average Bonchev–Trinajstić information content (AvgIpc) is 2.61. The van der Waals surface area contributed by atoms with Gasteiger partial charge in [0, 0.05) is 48.7 Å². The van der Waals surface area contributed by atoms with Gasteiger partial charge in [0.1, 0.15) is 0 Å². The van der Waals surface area contributed by atoms with Crippen molar-refractivity contribution in [3.8, 4) is 0 Å². The molecular weight excluding hydrogens is 306 g/mol. The lowest BCUT2D eigenvalue weighted by atomic mass is 10.1. The van der Waals surface area contributed by atoms with Gasteiger partial charge >= 0.3 is 0 Å². The van der Waals surface area contributed by atoms with Crippen LogP contribution in [0.4, 0.5) is 5.69 Å². The lowest BCUT2D eigenvalue weighted by molar-refractivity contribution is -0.130. The molecule has 2 aromatic rings. The predicted octanol–water partition coefficient (Wildman–Crippen LogP) is 2.91. The Morgan fingerprint density at radius 1 is 1.17 bits per heavy atom. The molecule has 0 N–H and O–H groups in total. The van der Waals surface area contributed by atoms with E-state index in [0.29, 0.717) is 5.75 Å². The second-order valence-corrected chi connectivity index (χ2v) is 6.74. The first-order valence-electron chi connectivity index (χ1n) is 7.86. The summed E-state index contributed by atoms with van der Waals surface area (Å²) in [6, 6.07) is 14.5. The molecule has 1 aromatic heterocycles. The number of benzene rings is 1. The molecule has 120 valence electrons. The summed E-state index contributed by atoms with van der Waals surface area (Å²) in [5.41, 5.74) is 1.23. The summed E-state index contributed by atoms with van der Waals surface area (Å²) in [5, 5.41) is 0. The fraction of sp³-hybridized carbons (Fsp3) is 0.333. The van der Waals surface area contributed by atoms with Gasteiger partial charge in [-0.05, 0) is 31.2 Å². The number of amides is 1. The zero-order chi connectivity index (χ0) is 16.1. The number of thioether (sulfide) groups is 1. The van der Waals surface area contributed by atoms with Gasteiger partial charge in [0.2, 0.25) is 5.91 Å². The van der Waals surface area contributed by atoms with Crippen molar-refractivity contribution in [2.45, 2.75) is 17.9 Å². The van der Waals surface area contributed by atoms with Gasteiger partial charge in [0.05, 0.1) is 5.75 Å². The third-order valence-electron chi connectivity index (χ3n) is 4.08. The lowest BCUT2D eigenvalue weighted by Gasteiger charge is -2.41. The number of anilines is 1. The summed E-state index contributed by atoms with van der Waals surface area (Å²) < 4.78 is 0. The Morgan fingerprint density at radius 3 is 2.61 bits per heavy atom. The maximum atomic E-state index is 12.5. The molecule has 4 nitrogen and oxygen atoms in total. The third kappa shape index (κ3) is 4.05. The molecule has 1 aliphatic heterocycles. The lowest BCUT2D eigenvalue weighted by Crippen LogP contribution is -2.54. The molecule has 1 fully saturated rings. The van der Waals surface area contributed by atoms with Crippen LogP contribution in [-0.4, -0.2) is 47.2 Å². The standard InChI is InChI=1S/C18H21N3OS/c1-15-13-20(16-5-3-2-4-6-16)11-12-21(15)18(22)14-23-17-7-9-19-10-8-17/h2-10,15H,11-14H2,1H3. The Morgan fingerprint density at radius 2 is 1.91 bits per heavy atom. The molecule has 1 atom stereocenters. The van der Waals surface area contributed by atoms with Crippen LogP contribution in [0.15, 0.2) is 59.8 Å². The number of hydrogen-bond donors (Lipinski definition) is 0. The normalized spacial score (nSPS) is 18.0. The van der Waals surface area contributed by atoms with Crippen molar-refractivity contribution < 1.29 is 4.79 Å². The number of para-hydroxylation sites is 1. The fourth-order valence-corrected chi connectivity index (χ4v) is 3.63. The van der Waals surface area contributed by atoms with Crippen LogP contribution in [0.1, 0.15) is 6.92 Å². The van der Waals surface area contributed by atoms with Crippen molar-refractivity contribution in [2.24, 2.45) is 0 Å². The first-order chi connectivity index (χ1) is 11.2. The number of nitrogens with zero attached hydrogens (tertiary/aromatic N) is 3. The number of hydrogen-bond acceptors (Lipinski definition) is 4. The molecule has 1 aromatic carbocycles. The number of pyridine rings is 1. The van der Waals surface area contributed by atoms with Gasteiger partial charge in [-0.1, -0.05) is 18.2 Å². The zero-order valence-electron chi connectivity index (χ0n) is 13.3. The van der Waals surface area contributed by atoms with E-state index in [-0.39, 0.29) is 11.9 Å². The van der Waals surface area contributed by atoms with Crippen LogP contribution in [0.3, 0.4) is 0 Å². The van der Waals surface area contributed by atoms with Crippen LogP contribution >= 0.6 is 11.8 Å². The largest absolute Gasteiger partial charge is 0.368 e. The topological polar surface area (TPSA) is 36.4 Å². The highest BCUT2D eigenvalue weighted by Crippen LogP contribution is 2.21. The Labute approximate surface area is 141 Å². The van der Waals surface area contributed by atoms with Crippen molar-refractivity contribution in [3.63, 3.8) is 0 Å². The van der Waals surface area contributed by atoms with Crippen molar-refractivity contribution in [1.29, 1.82) is 0 Å². The van der Waals surface area contributed by atoms with Gasteiger partial charge in [-0.15, -0.1) is 11.8 Å². The van der Waals surface area contributed by atoms with Crippen molar-refractivity contribution >= 4 is 23.4 Å². The molecule has 0 bridgehead atoms. The van der Waals surface area contributed by atoms with E-state index < -0.39 is 0 Å². The summed E-state index contributed by atoms with van der Waals surface area (Å²) in [5.74, 6) is 0.701. The van der Waals surface area contributed by atoms with Crippen LogP contribution in [0.5, 0.6) is 0 Å². The van der Waals surface area contributed by atoms with E-state index in [9.17, 15) is 4.79 Å². The van der Waals surface area contributed by atoms with Gasteiger partial charge in [-0.3, -0.25) is 9.78 Å². The number of rotatable bonds is 4. The summed E-state index contributed by atoms with van der Waals surface area (Å²) in [6.07, 6.45) is 3.52. The van der Waals surface area contributed by atoms with Gasteiger partial charge in [0.15, 0.2) is 0 Å². The van der Waals surface area contributed by atoms with Gasteiger partial charge < -0.3 is 9.80 Å². The van der Waals surface area contributed by atoms with Crippen LogP contribution in [-0.2, 0) is 4.79 Å². The summed E-state index contributed by atoms with van der Waals surface area (Å²) in [4.78, 5) is 21.9. The minimum absolute atomic E-state index is 0.215. The highest BCUT2D eigenvalue weighted by molar-refractivity contribution is 8.00. The Hall–Kier alpha value is -2.01. The monoisotopic (exact) mass is 327 g/mol. The molecule has 1 saturated heterocycles. The van der Waals surface area contributed by atoms with Crippen LogP contribution in [0.25, 0.3) is 0 Å². The number of carbonyl (C=O) groups excluding carboxylic acids is 1. The molecule has 1 amide bonds. The molecule has 5 heteroatoms. The minimum atomic E-state index is 0.215. The molecule has 1 unspecified atom stereocenters. The van der Waals surface area contributed by atoms with E-state index >= 15 is 0 Å². The van der Waals surface area contributed by atoms with Crippen molar-refractivity contribution in [2.75, 3.05) is 30.3 Å². The molecule has 3 rings (SSSR count). The van der Waals surface area contributed by atoms with Crippen molar-refractivity contribution in [3.05, 3.63) is 54.9 Å². The van der Waals surface area contributed by atoms with Crippen LogP contribution < -0.4 is 4.90 Å². The van der Waals surface area contributed by atoms with Crippen molar-refractivity contribution in [1.82, 2.24) is 9.88 Å². The Balaban J connectivity index is 1.54. The molecular formula is C18H21N3OS. The van der Waals surface area contributed by atoms with E-state index in [0.717, 1.165) is 24.5 Å². The second-order valence-electron chi connectivity index (χ2n) is 5.69. The van der Waals surface area contributed by atoms with E-state index in [1.54, 1.807) is 24.2 Å². The first-order valence-corrected chi connectivity index (χ1v) is 8.85. The molecule has 23 heavy (non-hydrogen) atoms. The molecule has 0 saturated carbocycles. The van der Waals surface area contributed by atoms with Gasteiger partial charge in [0.25, 0.3) is 0 Å². The van der Waals surface area contributed by atoms with E-state index in [1.165, 1.54) is 5.69 Å². The van der Waals surface area contributed by atoms with Crippen LogP contribution in [0, 0.1) is 0 Å². The molecule has 2 heterocycles. The van der Waals surface area contributed by atoms with E-state index in [4.69, 9.17) is 0 Å². The maximum absolute atomic E-state index is 12.5. The minimum Gasteiger partial charge on any atom is -0.368 e. The molecule has 0 aliphatic carbocycles. The Bertz CT molecular complexity index is 635. The molecule has 0 radical (unpaired) electrons. The SMILES string of the molecule is CC1CN(c2ccccc2)CCN1C(=O)CSc1ccncc1. The quantitative estimate of drug-likeness (QED) is 0.809. The highest BCUT2D eigenvalue weighted by atomic mass is 32.2. The number of piperazine rings is 1. The smallest absolute Gasteiger partial charge is 0.233 e. The third-order valence-corrected chi connectivity index (χ3v) is 5.08. The number of carbonyl (C=O) groups is 1. The summed E-state index contributed by atoms with van der Waals surface area (Å²) in [6.45, 7) is 4.69. The second kappa shape index (κ2) is 7.51. The Kier molecular flexibility index (Phi) is 5.18. The highest BCUT2D eigenvalue weighted by Gasteiger charge is 2.27. The van der Waals surface area contributed by atoms with Crippen LogP contribution in [0.2, 0.25) is 0 Å². The van der Waals surface area contributed by atoms with Gasteiger partial charge in [-0.2, -0.15) is 0 Å². The van der Waals surface area contributed by atoms with E-state index in [1.807, 2.05) is 23.1 Å². The summed E-state index contributed by atoms with van der Waals surface area (Å²) in [7, 11) is 0. The fourth-order valence-electron chi connectivity index (χ4n) is 2.86. The number of aromatic nitrogens is 1. The predicted molar refractivity (Wildman–Crippen MR) is 94.8 cm³/mol. The first kappa shape index (κ1) is 15.9. The molecule has 0 spiro atoms. The average molecular weight is 327 g/mol. The van der Waals surface area contributed by atoms with Gasteiger partial charge in [-0.25, -0.2) is 0 Å². The maximum Gasteiger partial charge on any atom is 0.233 e. The van der Waals surface area contributed by atoms with E-state index in [2.05, 4.69) is 41.1 Å². The zero-order valence-corrected chi connectivity index (χ0v) is 14.1.